The number of hydrogen-bond acceptors (Lipinski definition) is 7. The highest BCUT2D eigenvalue weighted by Gasteiger charge is 2.41. The number of nitrogens with zero attached hydrogens (tertiary/aromatic N) is 1. The molecular formula is C22H18ClFN2O6S. The first-order valence-electron chi connectivity index (χ1n) is 9.52. The smallest absolute Gasteiger partial charge is 0.328 e. The first-order chi connectivity index (χ1) is 15.7. The number of halogens is 2. The number of benzene rings is 2. The van der Waals surface area contributed by atoms with Crippen molar-refractivity contribution in [3.8, 4) is 5.75 Å². The molecule has 3 rings (SSSR count). The van der Waals surface area contributed by atoms with Gasteiger partial charge in [0.2, 0.25) is 0 Å². The minimum Gasteiger partial charge on any atom is -0.482 e. The summed E-state index contributed by atoms with van der Waals surface area (Å²) in [6.07, 6.45) is 1.46. The Balaban J connectivity index is 1.64. The SMILES string of the molecule is COC(=O)[C@@H](C)N1C(=O)S/C(=C/c2ccc(OCC(=O)Nc3ccc(F)cc3)c(Cl)c2)C1=O. The van der Waals surface area contributed by atoms with Gasteiger partial charge < -0.3 is 14.8 Å². The van der Waals surface area contributed by atoms with E-state index in [2.05, 4.69) is 10.1 Å². The van der Waals surface area contributed by atoms with Crippen molar-refractivity contribution in [2.45, 2.75) is 13.0 Å². The highest BCUT2D eigenvalue weighted by atomic mass is 35.5. The Morgan fingerprint density at radius 2 is 1.91 bits per heavy atom. The molecule has 1 atom stereocenters. The van der Waals surface area contributed by atoms with Gasteiger partial charge in [-0.3, -0.25) is 19.3 Å². The molecule has 172 valence electrons. The summed E-state index contributed by atoms with van der Waals surface area (Å²) in [4.78, 5) is 49.4. The van der Waals surface area contributed by atoms with Crippen LogP contribution in [0, 0.1) is 5.82 Å². The Kier molecular flexibility index (Phi) is 7.72. The molecule has 1 aliphatic rings. The minimum atomic E-state index is -1.05. The molecule has 2 aromatic carbocycles. The van der Waals surface area contributed by atoms with Gasteiger partial charge in [-0.2, -0.15) is 0 Å². The van der Waals surface area contributed by atoms with Crippen LogP contribution in [0.25, 0.3) is 6.08 Å². The van der Waals surface area contributed by atoms with E-state index in [1.54, 1.807) is 6.07 Å². The van der Waals surface area contributed by atoms with Crippen LogP contribution < -0.4 is 10.1 Å². The highest BCUT2D eigenvalue weighted by molar-refractivity contribution is 8.18. The molecule has 0 aliphatic carbocycles. The third kappa shape index (κ3) is 5.91. The lowest BCUT2D eigenvalue weighted by atomic mass is 10.2. The summed E-state index contributed by atoms with van der Waals surface area (Å²) in [5.41, 5.74) is 0.932. The normalized spacial score (nSPS) is 15.5. The summed E-state index contributed by atoms with van der Waals surface area (Å²) >= 11 is 6.92. The lowest BCUT2D eigenvalue weighted by Gasteiger charge is -2.18. The number of rotatable bonds is 7. The zero-order valence-electron chi connectivity index (χ0n) is 17.5. The molecular weight excluding hydrogens is 475 g/mol. The topological polar surface area (TPSA) is 102 Å². The monoisotopic (exact) mass is 492 g/mol. The van der Waals surface area contributed by atoms with E-state index in [0.717, 1.165) is 4.90 Å². The summed E-state index contributed by atoms with van der Waals surface area (Å²) in [5, 5.41) is 2.16. The number of amides is 3. The quantitative estimate of drug-likeness (QED) is 0.458. The predicted octanol–water partition coefficient (Wildman–Crippen LogP) is 4.09. The van der Waals surface area contributed by atoms with Gasteiger partial charge in [-0.05, 0) is 66.7 Å². The van der Waals surface area contributed by atoms with Crippen molar-refractivity contribution in [2.24, 2.45) is 0 Å². The van der Waals surface area contributed by atoms with Gasteiger partial charge in [0.05, 0.1) is 17.0 Å². The maximum Gasteiger partial charge on any atom is 0.328 e. The molecule has 33 heavy (non-hydrogen) atoms. The van der Waals surface area contributed by atoms with E-state index in [4.69, 9.17) is 16.3 Å². The van der Waals surface area contributed by atoms with Crippen molar-refractivity contribution in [1.29, 1.82) is 0 Å². The van der Waals surface area contributed by atoms with E-state index in [1.807, 2.05) is 0 Å². The number of nitrogens with one attached hydrogen (secondary N) is 1. The average molecular weight is 493 g/mol. The van der Waals surface area contributed by atoms with Gasteiger partial charge >= 0.3 is 5.97 Å². The minimum absolute atomic E-state index is 0.124. The van der Waals surface area contributed by atoms with E-state index in [0.29, 0.717) is 23.0 Å². The molecule has 0 bridgehead atoms. The first-order valence-corrected chi connectivity index (χ1v) is 10.7. The fraction of sp³-hybridized carbons (Fsp3) is 0.182. The number of carbonyl (C=O) groups is 4. The summed E-state index contributed by atoms with van der Waals surface area (Å²) in [6, 6.07) is 8.84. The number of carbonyl (C=O) groups excluding carboxylic acids is 4. The number of imide groups is 1. The van der Waals surface area contributed by atoms with Crippen LogP contribution in [0.15, 0.2) is 47.4 Å². The van der Waals surface area contributed by atoms with E-state index in [9.17, 15) is 23.6 Å². The molecule has 0 aromatic heterocycles. The van der Waals surface area contributed by atoms with Gasteiger partial charge in [0.1, 0.15) is 17.6 Å². The molecule has 0 radical (unpaired) electrons. The zero-order chi connectivity index (χ0) is 24.1. The third-order valence-electron chi connectivity index (χ3n) is 4.49. The number of hydrogen-bond donors (Lipinski definition) is 1. The van der Waals surface area contributed by atoms with Gasteiger partial charge in [-0.25, -0.2) is 9.18 Å². The van der Waals surface area contributed by atoms with Crippen molar-refractivity contribution < 1.29 is 33.0 Å². The Labute approximate surface area is 197 Å². The van der Waals surface area contributed by atoms with E-state index < -0.39 is 34.9 Å². The van der Waals surface area contributed by atoms with Gasteiger partial charge in [-0.15, -0.1) is 0 Å². The molecule has 1 N–H and O–H groups in total. The van der Waals surface area contributed by atoms with E-state index in [1.165, 1.54) is 56.5 Å². The van der Waals surface area contributed by atoms with Crippen LogP contribution in [0.1, 0.15) is 12.5 Å². The van der Waals surface area contributed by atoms with Gasteiger partial charge in [0.25, 0.3) is 17.1 Å². The number of anilines is 1. The lowest BCUT2D eigenvalue weighted by molar-refractivity contribution is -0.148. The molecule has 3 amide bonds. The number of thioether (sulfide) groups is 1. The fourth-order valence-corrected chi connectivity index (χ4v) is 3.99. The maximum absolute atomic E-state index is 12.9. The molecule has 1 aliphatic heterocycles. The number of esters is 1. The van der Waals surface area contributed by atoms with Crippen LogP contribution in [0.5, 0.6) is 5.75 Å². The Morgan fingerprint density at radius 3 is 2.55 bits per heavy atom. The van der Waals surface area contributed by atoms with Crippen molar-refractivity contribution in [1.82, 2.24) is 4.90 Å². The lowest BCUT2D eigenvalue weighted by Crippen LogP contribution is -2.42. The average Bonchev–Trinajstić information content (AvgIpc) is 3.06. The molecule has 1 heterocycles. The number of ether oxygens (including phenoxy) is 2. The molecule has 11 heteroatoms. The van der Waals surface area contributed by atoms with Gasteiger partial charge in [0, 0.05) is 5.69 Å². The molecule has 1 saturated heterocycles. The molecule has 2 aromatic rings. The van der Waals surface area contributed by atoms with Crippen molar-refractivity contribution in [2.75, 3.05) is 19.0 Å². The Morgan fingerprint density at radius 1 is 1.21 bits per heavy atom. The number of methoxy groups -OCH3 is 1. The standard InChI is InChI=1S/C22H18ClFN2O6S/c1-12(21(29)31-2)26-20(28)18(33-22(26)30)10-13-3-8-17(16(23)9-13)32-11-19(27)25-15-6-4-14(24)5-7-15/h3-10,12H,11H2,1-2H3,(H,25,27)/b18-10+/t12-/m1/s1. The maximum atomic E-state index is 12.9. The molecule has 1 fully saturated rings. The summed E-state index contributed by atoms with van der Waals surface area (Å²) in [5.74, 6) is -1.96. The molecule has 0 saturated carbocycles. The van der Waals surface area contributed by atoms with Crippen LogP contribution in [0.4, 0.5) is 14.9 Å². The van der Waals surface area contributed by atoms with Gasteiger partial charge in [-0.1, -0.05) is 17.7 Å². The summed E-state index contributed by atoms with van der Waals surface area (Å²) in [6.45, 7) is 1.07. The summed E-state index contributed by atoms with van der Waals surface area (Å²) < 4.78 is 22.9. The molecule has 8 nitrogen and oxygen atoms in total. The second-order valence-electron chi connectivity index (χ2n) is 6.78. The van der Waals surface area contributed by atoms with Crippen LogP contribution in [0.3, 0.4) is 0 Å². The summed E-state index contributed by atoms with van der Waals surface area (Å²) in [7, 11) is 1.17. The fourth-order valence-electron chi connectivity index (χ4n) is 2.84. The van der Waals surface area contributed by atoms with Gasteiger partial charge in [0.15, 0.2) is 6.61 Å². The predicted molar refractivity (Wildman–Crippen MR) is 121 cm³/mol. The Hall–Kier alpha value is -3.37. The van der Waals surface area contributed by atoms with E-state index in [-0.39, 0.29) is 22.3 Å². The van der Waals surface area contributed by atoms with E-state index >= 15 is 0 Å². The third-order valence-corrected chi connectivity index (χ3v) is 5.67. The van der Waals surface area contributed by atoms with Crippen molar-refractivity contribution in [3.05, 3.63) is 63.8 Å². The molecule has 0 spiro atoms. The van der Waals surface area contributed by atoms with Crippen molar-refractivity contribution >= 4 is 58.1 Å². The largest absolute Gasteiger partial charge is 0.482 e. The Bertz CT molecular complexity index is 1140. The zero-order valence-corrected chi connectivity index (χ0v) is 19.0. The van der Waals surface area contributed by atoms with Crippen molar-refractivity contribution in [3.63, 3.8) is 0 Å². The second-order valence-corrected chi connectivity index (χ2v) is 8.18. The van der Waals surface area contributed by atoms with Crippen LogP contribution in [-0.2, 0) is 19.1 Å². The van der Waals surface area contributed by atoms with Crippen LogP contribution >= 0.6 is 23.4 Å². The highest BCUT2D eigenvalue weighted by Crippen LogP contribution is 2.35. The first kappa shape index (κ1) is 24.3. The molecule has 0 unspecified atom stereocenters. The van der Waals surface area contributed by atoms with Crippen LogP contribution in [0.2, 0.25) is 5.02 Å². The van der Waals surface area contributed by atoms with Crippen LogP contribution in [-0.4, -0.2) is 47.7 Å². The second kappa shape index (κ2) is 10.5.